The standard InChI is InChI=1S/C18H18Cl2N2O3/c1-11(14-4-3-13(19)7-15(14)20)21-9-18(23)22-8-12-2-5-16-17(6-12)25-10-24-16/h2-7,11,21H,8-10H2,1H3,(H,22,23)/t11-/m0/s1. The molecule has 132 valence electrons. The van der Waals surface area contributed by atoms with E-state index in [0.717, 1.165) is 16.9 Å². The Morgan fingerprint density at radius 1 is 1.16 bits per heavy atom. The van der Waals surface area contributed by atoms with Gasteiger partial charge >= 0.3 is 0 Å². The van der Waals surface area contributed by atoms with E-state index in [-0.39, 0.29) is 25.3 Å². The van der Waals surface area contributed by atoms with Gasteiger partial charge in [-0.05, 0) is 42.3 Å². The second-order valence-electron chi connectivity index (χ2n) is 5.73. The fourth-order valence-electron chi connectivity index (χ4n) is 2.52. The van der Waals surface area contributed by atoms with Crippen molar-refractivity contribution in [3.63, 3.8) is 0 Å². The van der Waals surface area contributed by atoms with Crippen molar-refractivity contribution in [3.05, 3.63) is 57.6 Å². The second kappa shape index (κ2) is 7.95. The lowest BCUT2D eigenvalue weighted by atomic mass is 10.1. The zero-order valence-electron chi connectivity index (χ0n) is 13.6. The van der Waals surface area contributed by atoms with Crippen LogP contribution in [0.15, 0.2) is 36.4 Å². The SMILES string of the molecule is C[C@H](NCC(=O)NCc1ccc2c(c1)OCO2)c1ccc(Cl)cc1Cl. The molecular weight excluding hydrogens is 363 g/mol. The van der Waals surface area contributed by atoms with Gasteiger partial charge in [0.05, 0.1) is 6.54 Å². The van der Waals surface area contributed by atoms with Crippen LogP contribution >= 0.6 is 23.2 Å². The van der Waals surface area contributed by atoms with E-state index in [1.165, 1.54) is 0 Å². The molecule has 0 fully saturated rings. The van der Waals surface area contributed by atoms with Gasteiger partial charge in [0.15, 0.2) is 11.5 Å². The molecule has 0 aromatic heterocycles. The molecule has 1 atom stereocenters. The summed E-state index contributed by atoms with van der Waals surface area (Å²) in [6.07, 6.45) is 0. The number of rotatable bonds is 6. The first-order valence-electron chi connectivity index (χ1n) is 7.86. The van der Waals surface area contributed by atoms with Gasteiger partial charge in [-0.1, -0.05) is 35.3 Å². The normalized spacial score (nSPS) is 13.6. The van der Waals surface area contributed by atoms with Crippen LogP contribution in [-0.4, -0.2) is 19.2 Å². The molecule has 1 heterocycles. The predicted octanol–water partition coefficient (Wildman–Crippen LogP) is 3.69. The van der Waals surface area contributed by atoms with Crippen molar-refractivity contribution >= 4 is 29.1 Å². The molecule has 0 aliphatic carbocycles. The molecule has 0 spiro atoms. The van der Waals surface area contributed by atoms with Gasteiger partial charge in [0.25, 0.3) is 0 Å². The van der Waals surface area contributed by atoms with Crippen LogP contribution in [0.2, 0.25) is 10.0 Å². The summed E-state index contributed by atoms with van der Waals surface area (Å²) in [4.78, 5) is 12.0. The molecule has 0 radical (unpaired) electrons. The van der Waals surface area contributed by atoms with Crippen LogP contribution < -0.4 is 20.1 Å². The molecule has 2 aromatic rings. The van der Waals surface area contributed by atoms with E-state index in [0.29, 0.717) is 22.3 Å². The molecule has 3 rings (SSSR count). The average Bonchev–Trinajstić information content (AvgIpc) is 3.05. The van der Waals surface area contributed by atoms with Gasteiger partial charge in [0.1, 0.15) is 0 Å². The predicted molar refractivity (Wildman–Crippen MR) is 97.3 cm³/mol. The number of hydrogen-bond donors (Lipinski definition) is 2. The zero-order valence-corrected chi connectivity index (χ0v) is 15.2. The Balaban J connectivity index is 1.48. The highest BCUT2D eigenvalue weighted by Crippen LogP contribution is 2.32. The molecule has 25 heavy (non-hydrogen) atoms. The smallest absolute Gasteiger partial charge is 0.234 e. The van der Waals surface area contributed by atoms with Gasteiger partial charge in [0, 0.05) is 22.6 Å². The molecule has 0 bridgehead atoms. The van der Waals surface area contributed by atoms with E-state index in [4.69, 9.17) is 32.7 Å². The summed E-state index contributed by atoms with van der Waals surface area (Å²) in [6.45, 7) is 2.79. The van der Waals surface area contributed by atoms with Crippen molar-refractivity contribution in [3.8, 4) is 11.5 Å². The van der Waals surface area contributed by atoms with E-state index in [9.17, 15) is 4.79 Å². The van der Waals surface area contributed by atoms with E-state index in [1.54, 1.807) is 12.1 Å². The Morgan fingerprint density at radius 3 is 2.76 bits per heavy atom. The van der Waals surface area contributed by atoms with Gasteiger partial charge < -0.3 is 20.1 Å². The van der Waals surface area contributed by atoms with Gasteiger partial charge in [-0.15, -0.1) is 0 Å². The molecule has 0 saturated carbocycles. The summed E-state index contributed by atoms with van der Waals surface area (Å²) < 4.78 is 10.6. The van der Waals surface area contributed by atoms with Crippen molar-refractivity contribution in [2.24, 2.45) is 0 Å². The number of nitrogens with one attached hydrogen (secondary N) is 2. The first-order chi connectivity index (χ1) is 12.0. The van der Waals surface area contributed by atoms with Crippen LogP contribution in [0, 0.1) is 0 Å². The van der Waals surface area contributed by atoms with E-state index < -0.39 is 0 Å². The summed E-state index contributed by atoms with van der Waals surface area (Å²) in [7, 11) is 0. The third kappa shape index (κ3) is 4.57. The third-order valence-electron chi connectivity index (χ3n) is 3.92. The maximum Gasteiger partial charge on any atom is 0.234 e. The van der Waals surface area contributed by atoms with Crippen molar-refractivity contribution in [1.29, 1.82) is 0 Å². The highest BCUT2D eigenvalue weighted by atomic mass is 35.5. The number of benzene rings is 2. The van der Waals surface area contributed by atoms with E-state index in [1.807, 2.05) is 31.2 Å². The second-order valence-corrected chi connectivity index (χ2v) is 6.58. The molecule has 1 aliphatic heterocycles. The van der Waals surface area contributed by atoms with Crippen molar-refractivity contribution in [2.45, 2.75) is 19.5 Å². The number of carbonyl (C=O) groups is 1. The molecule has 2 N–H and O–H groups in total. The minimum Gasteiger partial charge on any atom is -0.454 e. The van der Waals surface area contributed by atoms with Crippen molar-refractivity contribution in [2.75, 3.05) is 13.3 Å². The summed E-state index contributed by atoms with van der Waals surface area (Å²) in [5, 5.41) is 7.18. The summed E-state index contributed by atoms with van der Waals surface area (Å²) in [5.74, 6) is 1.33. The fraction of sp³-hybridized carbons (Fsp3) is 0.278. The number of halogens is 2. The number of carbonyl (C=O) groups excluding carboxylic acids is 1. The molecule has 5 nitrogen and oxygen atoms in total. The minimum atomic E-state index is -0.102. The lowest BCUT2D eigenvalue weighted by molar-refractivity contribution is -0.120. The third-order valence-corrected chi connectivity index (χ3v) is 4.49. The maximum absolute atomic E-state index is 12.0. The Labute approximate surface area is 156 Å². The van der Waals surface area contributed by atoms with Crippen molar-refractivity contribution in [1.82, 2.24) is 10.6 Å². The Morgan fingerprint density at radius 2 is 1.96 bits per heavy atom. The first kappa shape index (κ1) is 17.9. The lowest BCUT2D eigenvalue weighted by Crippen LogP contribution is -2.34. The first-order valence-corrected chi connectivity index (χ1v) is 8.62. The molecule has 1 aliphatic rings. The number of hydrogen-bond acceptors (Lipinski definition) is 4. The van der Waals surface area contributed by atoms with Crippen molar-refractivity contribution < 1.29 is 14.3 Å². The number of fused-ring (bicyclic) bond motifs is 1. The van der Waals surface area contributed by atoms with Crippen LogP contribution in [0.3, 0.4) is 0 Å². The summed E-state index contributed by atoms with van der Waals surface area (Å²) >= 11 is 12.1. The summed E-state index contributed by atoms with van der Waals surface area (Å²) in [5.41, 5.74) is 1.85. The monoisotopic (exact) mass is 380 g/mol. The molecule has 0 saturated heterocycles. The molecule has 0 unspecified atom stereocenters. The molecule has 7 heteroatoms. The van der Waals surface area contributed by atoms with Gasteiger partial charge in [0.2, 0.25) is 12.7 Å². The molecule has 1 amide bonds. The fourth-order valence-corrected chi connectivity index (χ4v) is 3.09. The highest BCUT2D eigenvalue weighted by Gasteiger charge is 2.14. The Bertz CT molecular complexity index is 783. The topological polar surface area (TPSA) is 59.6 Å². The van der Waals surface area contributed by atoms with Crippen LogP contribution in [-0.2, 0) is 11.3 Å². The minimum absolute atomic E-state index is 0.0685. The van der Waals surface area contributed by atoms with Crippen LogP contribution in [0.5, 0.6) is 11.5 Å². The van der Waals surface area contributed by atoms with Gasteiger partial charge in [-0.2, -0.15) is 0 Å². The molecular formula is C18H18Cl2N2O3. The number of amides is 1. The van der Waals surface area contributed by atoms with Gasteiger partial charge in [-0.3, -0.25) is 4.79 Å². The summed E-state index contributed by atoms with van der Waals surface area (Å²) in [6, 6.07) is 10.9. The van der Waals surface area contributed by atoms with Crippen LogP contribution in [0.25, 0.3) is 0 Å². The maximum atomic E-state index is 12.0. The Kier molecular flexibility index (Phi) is 5.68. The van der Waals surface area contributed by atoms with Gasteiger partial charge in [-0.25, -0.2) is 0 Å². The Hall–Kier alpha value is -1.95. The quantitative estimate of drug-likeness (QED) is 0.802. The van der Waals surface area contributed by atoms with E-state index >= 15 is 0 Å². The number of ether oxygens (including phenoxy) is 2. The van der Waals surface area contributed by atoms with Crippen LogP contribution in [0.1, 0.15) is 24.1 Å². The largest absolute Gasteiger partial charge is 0.454 e. The van der Waals surface area contributed by atoms with Crippen LogP contribution in [0.4, 0.5) is 0 Å². The van der Waals surface area contributed by atoms with E-state index in [2.05, 4.69) is 10.6 Å². The highest BCUT2D eigenvalue weighted by molar-refractivity contribution is 6.35. The molecule has 2 aromatic carbocycles. The zero-order chi connectivity index (χ0) is 17.8. The average molecular weight is 381 g/mol. The lowest BCUT2D eigenvalue weighted by Gasteiger charge is -2.16.